The largest absolute Gasteiger partial charge is 0.355 e. The second-order valence-corrected chi connectivity index (χ2v) is 10.00. The molecule has 1 heterocycles. The van der Waals surface area contributed by atoms with E-state index in [1.165, 1.54) is 22.7 Å². The summed E-state index contributed by atoms with van der Waals surface area (Å²) >= 11 is 1.29. The van der Waals surface area contributed by atoms with Crippen LogP contribution in [0, 0.1) is 0 Å². The second kappa shape index (κ2) is 10.4. The highest BCUT2D eigenvalue weighted by molar-refractivity contribution is 7.92. The summed E-state index contributed by atoms with van der Waals surface area (Å²) in [5.41, 5.74) is 2.95. The lowest BCUT2D eigenvalue weighted by Gasteiger charge is -2.16. The Morgan fingerprint density at radius 2 is 1.72 bits per heavy atom. The molecule has 0 saturated carbocycles. The van der Waals surface area contributed by atoms with Crippen LogP contribution in [0.25, 0.3) is 11.3 Å². The minimum atomic E-state index is -3.33. The van der Waals surface area contributed by atoms with Crippen LogP contribution in [0.4, 0.5) is 10.8 Å². The highest BCUT2D eigenvalue weighted by Gasteiger charge is 2.13. The number of amides is 2. The third kappa shape index (κ3) is 6.63. The average Bonchev–Trinajstić information content (AvgIpc) is 3.21. The van der Waals surface area contributed by atoms with Crippen molar-refractivity contribution in [3.05, 3.63) is 65.5 Å². The first kappa shape index (κ1) is 23.4. The summed E-state index contributed by atoms with van der Waals surface area (Å²) in [6.45, 7) is 0.241. The lowest BCUT2D eigenvalue weighted by atomic mass is 10.1. The topological polar surface area (TPSA) is 108 Å². The van der Waals surface area contributed by atoms with Crippen molar-refractivity contribution >= 4 is 44.0 Å². The molecule has 0 fully saturated rings. The van der Waals surface area contributed by atoms with Crippen molar-refractivity contribution < 1.29 is 18.0 Å². The Morgan fingerprint density at radius 1 is 1.03 bits per heavy atom. The molecule has 0 saturated heterocycles. The van der Waals surface area contributed by atoms with Gasteiger partial charge in [-0.05, 0) is 17.7 Å². The normalized spacial score (nSPS) is 11.1. The molecule has 1 aromatic heterocycles. The number of nitrogens with zero attached hydrogens (tertiary/aromatic N) is 2. The number of carbonyl (C=O) groups is 2. The van der Waals surface area contributed by atoms with Gasteiger partial charge in [-0.15, -0.1) is 11.3 Å². The van der Waals surface area contributed by atoms with E-state index in [4.69, 9.17) is 0 Å². The summed E-state index contributed by atoms with van der Waals surface area (Å²) in [5, 5.41) is 7.74. The molecule has 0 bridgehead atoms. The number of hydrogen-bond acceptors (Lipinski definition) is 6. The van der Waals surface area contributed by atoms with E-state index in [0.717, 1.165) is 17.4 Å². The maximum absolute atomic E-state index is 12.2. The van der Waals surface area contributed by atoms with Crippen LogP contribution in [0.2, 0.25) is 0 Å². The van der Waals surface area contributed by atoms with Gasteiger partial charge < -0.3 is 10.6 Å². The Morgan fingerprint density at radius 3 is 2.38 bits per heavy atom. The van der Waals surface area contributed by atoms with E-state index in [2.05, 4.69) is 15.6 Å². The molecule has 0 atom stereocenters. The van der Waals surface area contributed by atoms with Crippen LogP contribution in [-0.4, -0.2) is 45.1 Å². The third-order valence-electron chi connectivity index (χ3n) is 4.66. The van der Waals surface area contributed by atoms with Crippen molar-refractivity contribution in [1.82, 2.24) is 10.3 Å². The first-order valence-electron chi connectivity index (χ1n) is 9.83. The minimum absolute atomic E-state index is 0.134. The maximum atomic E-state index is 12.2. The van der Waals surface area contributed by atoms with Crippen molar-refractivity contribution in [3.8, 4) is 11.3 Å². The number of sulfonamides is 1. The Bertz CT molecular complexity index is 1180. The van der Waals surface area contributed by atoms with E-state index < -0.39 is 10.0 Å². The van der Waals surface area contributed by atoms with Gasteiger partial charge in [0.2, 0.25) is 21.8 Å². The van der Waals surface area contributed by atoms with Gasteiger partial charge in [-0.3, -0.25) is 13.9 Å². The first-order chi connectivity index (χ1) is 15.2. The van der Waals surface area contributed by atoms with Gasteiger partial charge in [0.1, 0.15) is 0 Å². The molecule has 168 valence electrons. The molecule has 2 N–H and O–H groups in total. The van der Waals surface area contributed by atoms with Crippen molar-refractivity contribution in [2.45, 2.75) is 12.8 Å². The monoisotopic (exact) mass is 472 g/mol. The first-order valence-corrected chi connectivity index (χ1v) is 12.6. The molecule has 0 aliphatic rings. The zero-order valence-corrected chi connectivity index (χ0v) is 19.4. The molecular formula is C22H24N4O4S2. The third-order valence-corrected chi connectivity index (χ3v) is 6.62. The number of rotatable bonds is 9. The summed E-state index contributed by atoms with van der Waals surface area (Å²) in [7, 11) is -1.83. The molecule has 2 amide bonds. The molecule has 0 spiro atoms. The van der Waals surface area contributed by atoms with E-state index in [9.17, 15) is 18.0 Å². The van der Waals surface area contributed by atoms with Gasteiger partial charge in [-0.1, -0.05) is 42.5 Å². The van der Waals surface area contributed by atoms with Gasteiger partial charge >= 0.3 is 0 Å². The Balaban J connectivity index is 1.48. The van der Waals surface area contributed by atoms with Gasteiger partial charge in [0.25, 0.3) is 0 Å². The number of benzene rings is 2. The fourth-order valence-corrected chi connectivity index (χ4v) is 4.08. The summed E-state index contributed by atoms with van der Waals surface area (Å²) in [4.78, 5) is 28.5. The van der Waals surface area contributed by atoms with Crippen molar-refractivity contribution in [3.63, 3.8) is 0 Å². The molecule has 8 nitrogen and oxygen atoms in total. The number of carbonyl (C=O) groups excluding carboxylic acids is 2. The maximum Gasteiger partial charge on any atom is 0.231 e. The summed E-state index contributed by atoms with van der Waals surface area (Å²) in [6, 6.07) is 16.4. The standard InChI is InChI=1S/C22H24N4O4S2/c1-26(32(2,29)30)18-10-8-17(9-11-18)19-15-31-22(24-19)25-20(27)12-13-23-21(28)14-16-6-4-3-5-7-16/h3-11,15H,12-14H2,1-2H3,(H,23,28)(H,24,25,27). The summed E-state index contributed by atoms with van der Waals surface area (Å²) in [5.74, 6) is -0.374. The van der Waals surface area contributed by atoms with E-state index in [0.29, 0.717) is 16.5 Å². The predicted molar refractivity (Wildman–Crippen MR) is 127 cm³/mol. The van der Waals surface area contributed by atoms with Crippen molar-refractivity contribution in [1.29, 1.82) is 0 Å². The number of nitrogens with one attached hydrogen (secondary N) is 2. The lowest BCUT2D eigenvalue weighted by Crippen LogP contribution is -2.28. The highest BCUT2D eigenvalue weighted by Crippen LogP contribution is 2.27. The fourth-order valence-electron chi connectivity index (χ4n) is 2.84. The van der Waals surface area contributed by atoms with Crippen LogP contribution < -0.4 is 14.9 Å². The van der Waals surface area contributed by atoms with Gasteiger partial charge in [0, 0.05) is 31.0 Å². The predicted octanol–water partition coefficient (Wildman–Crippen LogP) is 2.89. The van der Waals surface area contributed by atoms with Crippen LogP contribution in [-0.2, 0) is 26.0 Å². The molecule has 0 unspecified atom stereocenters. The quantitative estimate of drug-likeness (QED) is 0.498. The van der Waals surface area contributed by atoms with Gasteiger partial charge in [0.15, 0.2) is 5.13 Å². The lowest BCUT2D eigenvalue weighted by molar-refractivity contribution is -0.120. The molecule has 0 aliphatic carbocycles. The molecule has 0 aliphatic heterocycles. The van der Waals surface area contributed by atoms with Crippen molar-refractivity contribution in [2.75, 3.05) is 29.5 Å². The molecule has 0 radical (unpaired) electrons. The van der Waals surface area contributed by atoms with Gasteiger partial charge in [0.05, 0.1) is 24.1 Å². The van der Waals surface area contributed by atoms with Crippen LogP contribution in [0.5, 0.6) is 0 Å². The van der Waals surface area contributed by atoms with Gasteiger partial charge in [-0.2, -0.15) is 0 Å². The SMILES string of the molecule is CN(c1ccc(-c2csc(NC(=O)CCNC(=O)Cc3ccccc3)n2)cc1)S(C)(=O)=O. The fraction of sp³-hybridized carbons (Fsp3) is 0.227. The Kier molecular flexibility index (Phi) is 7.60. The second-order valence-electron chi connectivity index (χ2n) is 7.13. The molecule has 3 aromatic rings. The number of hydrogen-bond donors (Lipinski definition) is 2. The van der Waals surface area contributed by atoms with Crippen LogP contribution >= 0.6 is 11.3 Å². The van der Waals surface area contributed by atoms with Crippen LogP contribution in [0.15, 0.2) is 60.0 Å². The smallest absolute Gasteiger partial charge is 0.231 e. The number of thiazole rings is 1. The van der Waals surface area contributed by atoms with E-state index in [1.54, 1.807) is 24.3 Å². The van der Waals surface area contributed by atoms with E-state index in [1.807, 2.05) is 35.7 Å². The van der Waals surface area contributed by atoms with E-state index >= 15 is 0 Å². The van der Waals surface area contributed by atoms with E-state index in [-0.39, 0.29) is 31.2 Å². The highest BCUT2D eigenvalue weighted by atomic mass is 32.2. The average molecular weight is 473 g/mol. The van der Waals surface area contributed by atoms with Crippen LogP contribution in [0.3, 0.4) is 0 Å². The summed E-state index contributed by atoms with van der Waals surface area (Å²) in [6.07, 6.45) is 1.56. The Labute approximate surface area is 191 Å². The minimum Gasteiger partial charge on any atom is -0.355 e. The zero-order valence-electron chi connectivity index (χ0n) is 17.7. The van der Waals surface area contributed by atoms with Crippen molar-refractivity contribution in [2.24, 2.45) is 0 Å². The van der Waals surface area contributed by atoms with Crippen LogP contribution in [0.1, 0.15) is 12.0 Å². The zero-order chi connectivity index (χ0) is 23.1. The molecule has 32 heavy (non-hydrogen) atoms. The van der Waals surface area contributed by atoms with Gasteiger partial charge in [-0.25, -0.2) is 13.4 Å². The molecule has 10 heteroatoms. The molecule has 3 rings (SSSR count). The number of anilines is 2. The summed E-state index contributed by atoms with van der Waals surface area (Å²) < 4.78 is 24.5. The molecular weight excluding hydrogens is 448 g/mol. The number of aromatic nitrogens is 1. The molecule has 2 aromatic carbocycles. The Hall–Kier alpha value is -3.24.